The first-order valence-corrected chi connectivity index (χ1v) is 6.55. The Bertz CT molecular complexity index is 600. The van der Waals surface area contributed by atoms with E-state index in [2.05, 4.69) is 41.4 Å². The van der Waals surface area contributed by atoms with Crippen LogP contribution in [0.4, 0.5) is 0 Å². The average molecular weight is 255 g/mol. The molecule has 1 fully saturated rings. The van der Waals surface area contributed by atoms with Crippen LogP contribution in [0.1, 0.15) is 30.6 Å². The van der Waals surface area contributed by atoms with Crippen molar-refractivity contribution >= 4 is 5.91 Å². The van der Waals surface area contributed by atoms with Gasteiger partial charge in [0.25, 0.3) is 0 Å². The Hall–Kier alpha value is -2.10. The lowest BCUT2D eigenvalue weighted by molar-refractivity contribution is -0.136. The third-order valence-corrected chi connectivity index (χ3v) is 3.73. The number of carbonyl (C=O) groups is 1. The summed E-state index contributed by atoms with van der Waals surface area (Å²) in [7, 11) is 0. The highest BCUT2D eigenvalue weighted by Crippen LogP contribution is 2.33. The van der Waals surface area contributed by atoms with E-state index in [1.54, 1.807) is 6.92 Å². The standard InChI is InChI=1S/C15H17N3O/c1-10-3-5-12(6-4-10)13-9-14(17-16-13)15-7-8-18(15)11(2)19/h3-6,9,15H,7-8H2,1-2H3,(H,16,17)/t15-/m0/s1. The predicted molar refractivity (Wildman–Crippen MR) is 73.5 cm³/mol. The van der Waals surface area contributed by atoms with Crippen LogP contribution in [0.3, 0.4) is 0 Å². The van der Waals surface area contributed by atoms with Crippen LogP contribution in [0.15, 0.2) is 30.3 Å². The molecule has 0 saturated carbocycles. The highest BCUT2D eigenvalue weighted by atomic mass is 16.2. The topological polar surface area (TPSA) is 49.0 Å². The number of nitrogens with zero attached hydrogens (tertiary/aromatic N) is 2. The highest BCUT2D eigenvalue weighted by molar-refractivity contribution is 5.74. The Balaban J connectivity index is 1.84. The van der Waals surface area contributed by atoms with Crippen LogP contribution in [0, 0.1) is 6.92 Å². The molecule has 1 aliphatic rings. The molecule has 3 rings (SSSR count). The molecule has 1 aliphatic heterocycles. The third-order valence-electron chi connectivity index (χ3n) is 3.73. The largest absolute Gasteiger partial charge is 0.334 e. The fourth-order valence-corrected chi connectivity index (χ4v) is 2.47. The molecule has 2 aromatic rings. The zero-order valence-electron chi connectivity index (χ0n) is 11.2. The fourth-order valence-electron chi connectivity index (χ4n) is 2.47. The number of aromatic amines is 1. The van der Waals surface area contributed by atoms with Gasteiger partial charge in [-0.1, -0.05) is 29.8 Å². The summed E-state index contributed by atoms with van der Waals surface area (Å²) in [6, 6.07) is 10.5. The van der Waals surface area contributed by atoms with Crippen molar-refractivity contribution in [3.63, 3.8) is 0 Å². The lowest BCUT2D eigenvalue weighted by Crippen LogP contribution is -2.44. The number of carbonyl (C=O) groups excluding carboxylic acids is 1. The van der Waals surface area contributed by atoms with Crippen molar-refractivity contribution in [2.45, 2.75) is 26.3 Å². The number of amides is 1. The molecule has 19 heavy (non-hydrogen) atoms. The number of aromatic nitrogens is 2. The molecule has 1 aromatic heterocycles. The SMILES string of the molecule is CC(=O)N1CC[C@H]1c1cc(-c2ccc(C)cc2)n[nH]1. The molecular formula is C15H17N3O. The van der Waals surface area contributed by atoms with Gasteiger partial charge in [0.2, 0.25) is 5.91 Å². The molecule has 4 nitrogen and oxygen atoms in total. The van der Waals surface area contributed by atoms with Crippen LogP contribution in [0.25, 0.3) is 11.3 Å². The van der Waals surface area contributed by atoms with Crippen molar-refractivity contribution in [1.82, 2.24) is 15.1 Å². The molecule has 0 bridgehead atoms. The van der Waals surface area contributed by atoms with Gasteiger partial charge in [-0.05, 0) is 19.4 Å². The Kier molecular flexibility index (Phi) is 2.85. The fraction of sp³-hybridized carbons (Fsp3) is 0.333. The predicted octanol–water partition coefficient (Wildman–Crippen LogP) is 2.68. The maximum absolute atomic E-state index is 11.4. The summed E-state index contributed by atoms with van der Waals surface area (Å²) in [6.45, 7) is 4.53. The van der Waals surface area contributed by atoms with Crippen LogP contribution in [0.2, 0.25) is 0 Å². The number of nitrogens with one attached hydrogen (secondary N) is 1. The smallest absolute Gasteiger partial charge is 0.220 e. The van der Waals surface area contributed by atoms with Crippen LogP contribution < -0.4 is 0 Å². The van der Waals surface area contributed by atoms with Crippen LogP contribution in [-0.2, 0) is 4.79 Å². The zero-order valence-corrected chi connectivity index (χ0v) is 11.2. The average Bonchev–Trinajstić information content (AvgIpc) is 2.77. The Morgan fingerprint density at radius 2 is 2.11 bits per heavy atom. The number of likely N-dealkylation sites (tertiary alicyclic amines) is 1. The van der Waals surface area contributed by atoms with Crippen LogP contribution in [0.5, 0.6) is 0 Å². The third kappa shape index (κ3) is 2.14. The van der Waals surface area contributed by atoms with Crippen LogP contribution in [-0.4, -0.2) is 27.5 Å². The van der Waals surface area contributed by atoms with Crippen molar-refractivity contribution < 1.29 is 4.79 Å². The Morgan fingerprint density at radius 1 is 1.37 bits per heavy atom. The van der Waals surface area contributed by atoms with Gasteiger partial charge in [-0.15, -0.1) is 0 Å². The van der Waals surface area contributed by atoms with Gasteiger partial charge < -0.3 is 4.90 Å². The second kappa shape index (κ2) is 4.53. The van der Waals surface area contributed by atoms with Gasteiger partial charge in [0.05, 0.1) is 17.4 Å². The summed E-state index contributed by atoms with van der Waals surface area (Å²) in [4.78, 5) is 13.3. The number of hydrogen-bond donors (Lipinski definition) is 1. The molecule has 98 valence electrons. The molecule has 4 heteroatoms. The lowest BCUT2D eigenvalue weighted by atomic mass is 9.99. The minimum Gasteiger partial charge on any atom is -0.334 e. The first kappa shape index (κ1) is 12.0. The maximum Gasteiger partial charge on any atom is 0.220 e. The quantitative estimate of drug-likeness (QED) is 0.897. The van der Waals surface area contributed by atoms with Gasteiger partial charge in [0.15, 0.2) is 0 Å². The van der Waals surface area contributed by atoms with Crippen LogP contribution >= 0.6 is 0 Å². The van der Waals surface area contributed by atoms with Crippen molar-refractivity contribution in [3.8, 4) is 11.3 Å². The van der Waals surface area contributed by atoms with Gasteiger partial charge in [0, 0.05) is 19.0 Å². The number of rotatable bonds is 2. The molecule has 1 atom stereocenters. The first-order valence-electron chi connectivity index (χ1n) is 6.55. The highest BCUT2D eigenvalue weighted by Gasteiger charge is 2.32. The molecule has 0 spiro atoms. The van der Waals surface area contributed by atoms with E-state index in [1.165, 1.54) is 5.56 Å². The van der Waals surface area contributed by atoms with Gasteiger partial charge >= 0.3 is 0 Å². The van der Waals surface area contributed by atoms with Gasteiger partial charge in [0.1, 0.15) is 0 Å². The van der Waals surface area contributed by atoms with Crippen molar-refractivity contribution in [2.24, 2.45) is 0 Å². The first-order chi connectivity index (χ1) is 9.15. The summed E-state index contributed by atoms with van der Waals surface area (Å²) in [5.74, 6) is 0.128. The van der Waals surface area contributed by atoms with Gasteiger partial charge in [-0.3, -0.25) is 9.89 Å². The summed E-state index contributed by atoms with van der Waals surface area (Å²) in [5.41, 5.74) is 4.30. The van der Waals surface area contributed by atoms with E-state index in [-0.39, 0.29) is 11.9 Å². The molecule has 1 aromatic carbocycles. The monoisotopic (exact) mass is 255 g/mol. The zero-order chi connectivity index (χ0) is 13.4. The molecular weight excluding hydrogens is 238 g/mol. The summed E-state index contributed by atoms with van der Waals surface area (Å²) >= 11 is 0. The molecule has 1 N–H and O–H groups in total. The van der Waals surface area contributed by atoms with E-state index in [1.807, 2.05) is 11.0 Å². The second-order valence-corrected chi connectivity index (χ2v) is 5.09. The van der Waals surface area contributed by atoms with E-state index < -0.39 is 0 Å². The van der Waals surface area contributed by atoms with Crippen molar-refractivity contribution in [3.05, 3.63) is 41.6 Å². The summed E-state index contributed by atoms with van der Waals surface area (Å²) in [5, 5.41) is 7.41. The van der Waals surface area contributed by atoms with Crippen molar-refractivity contribution in [2.75, 3.05) is 6.54 Å². The van der Waals surface area contributed by atoms with Gasteiger partial charge in [-0.2, -0.15) is 5.10 Å². The normalized spacial score (nSPS) is 18.2. The van der Waals surface area contributed by atoms with E-state index >= 15 is 0 Å². The number of H-pyrrole nitrogens is 1. The summed E-state index contributed by atoms with van der Waals surface area (Å²) < 4.78 is 0. The molecule has 1 amide bonds. The summed E-state index contributed by atoms with van der Waals surface area (Å²) in [6.07, 6.45) is 1.01. The van der Waals surface area contributed by atoms with E-state index in [0.717, 1.165) is 29.9 Å². The minimum atomic E-state index is 0.128. The molecule has 0 aliphatic carbocycles. The molecule has 2 heterocycles. The minimum absolute atomic E-state index is 0.128. The molecule has 0 unspecified atom stereocenters. The maximum atomic E-state index is 11.4. The Labute approximate surface area is 112 Å². The molecule has 0 radical (unpaired) electrons. The Morgan fingerprint density at radius 3 is 2.68 bits per heavy atom. The number of aryl methyl sites for hydroxylation is 1. The molecule has 1 saturated heterocycles. The van der Waals surface area contributed by atoms with E-state index in [9.17, 15) is 4.79 Å². The van der Waals surface area contributed by atoms with Crippen molar-refractivity contribution in [1.29, 1.82) is 0 Å². The van der Waals surface area contributed by atoms with E-state index in [4.69, 9.17) is 0 Å². The van der Waals surface area contributed by atoms with E-state index in [0.29, 0.717) is 0 Å². The van der Waals surface area contributed by atoms with Gasteiger partial charge in [-0.25, -0.2) is 0 Å². The number of hydrogen-bond acceptors (Lipinski definition) is 2. The second-order valence-electron chi connectivity index (χ2n) is 5.09. The number of benzene rings is 1. The lowest BCUT2D eigenvalue weighted by Gasteiger charge is -2.39.